The van der Waals surface area contributed by atoms with Crippen LogP contribution in [0.15, 0.2) is 51.6 Å². The Morgan fingerprint density at radius 3 is 2.50 bits per heavy atom. The number of anilines is 1. The Kier molecular flexibility index (Phi) is 5.62. The van der Waals surface area contributed by atoms with Crippen LogP contribution >= 0.6 is 45.8 Å². The van der Waals surface area contributed by atoms with Crippen molar-refractivity contribution in [1.82, 2.24) is 9.97 Å². The quantitative estimate of drug-likeness (QED) is 0.356. The van der Waals surface area contributed by atoms with E-state index >= 15 is 0 Å². The fourth-order valence-electron chi connectivity index (χ4n) is 2.51. The molecule has 4 rings (SSSR count). The summed E-state index contributed by atoms with van der Waals surface area (Å²) in [5, 5.41) is 9.63. The number of nitrogens with two attached hydrogens (primary N) is 1. The van der Waals surface area contributed by atoms with E-state index in [0.29, 0.717) is 15.7 Å². The number of carbonyl (C=O) groups excluding carboxylic acids is 2. The van der Waals surface area contributed by atoms with Gasteiger partial charge in [-0.1, -0.05) is 23.9 Å². The molecule has 4 aromatic rings. The fourth-order valence-corrected chi connectivity index (χ4v) is 5.43. The highest BCUT2D eigenvalue weighted by atomic mass is 32.2. The molecule has 0 unspecified atom stereocenters. The monoisotopic (exact) mass is 446 g/mol. The highest BCUT2D eigenvalue weighted by molar-refractivity contribution is 7.99. The number of thiophene rings is 3. The molecule has 0 aliphatic rings. The van der Waals surface area contributed by atoms with Crippen molar-refractivity contribution in [1.29, 1.82) is 0 Å². The fraction of sp³-hybridized carbons (Fsp3) is 0.0556. The van der Waals surface area contributed by atoms with Crippen LogP contribution < -0.4 is 11.1 Å². The van der Waals surface area contributed by atoms with E-state index < -0.39 is 5.91 Å². The third-order valence-corrected chi connectivity index (χ3v) is 7.19. The number of amides is 2. The van der Waals surface area contributed by atoms with E-state index in [1.165, 1.54) is 23.1 Å². The molecule has 0 aliphatic carbocycles. The lowest BCUT2D eigenvalue weighted by molar-refractivity contribution is -0.113. The second-order valence-electron chi connectivity index (χ2n) is 5.58. The van der Waals surface area contributed by atoms with Gasteiger partial charge in [0.2, 0.25) is 5.91 Å². The molecule has 0 bridgehead atoms. The lowest BCUT2D eigenvalue weighted by atomic mass is 10.2. The Labute approximate surface area is 176 Å². The van der Waals surface area contributed by atoms with Gasteiger partial charge in [-0.05, 0) is 34.3 Å². The van der Waals surface area contributed by atoms with Gasteiger partial charge >= 0.3 is 0 Å². The van der Waals surface area contributed by atoms with Crippen LogP contribution in [-0.4, -0.2) is 27.5 Å². The van der Waals surface area contributed by atoms with Crippen molar-refractivity contribution in [2.45, 2.75) is 5.16 Å². The number of hydrogen-bond donors (Lipinski definition) is 3. The zero-order chi connectivity index (χ0) is 19.5. The van der Waals surface area contributed by atoms with Crippen LogP contribution in [0.25, 0.3) is 21.1 Å². The number of thioether (sulfide) groups is 1. The standard InChI is InChI=1S/C18H14N4O2S4/c19-16(24)10-5-8-27-17(10)20-13(23)9-28-18-21-14(11-3-1-6-25-11)15(22-18)12-4-2-7-26-12/h1-8H,9H2,(H2,19,24)(H,20,23)(H,21,22). The summed E-state index contributed by atoms with van der Waals surface area (Å²) < 4.78 is 0. The molecule has 0 saturated heterocycles. The number of imidazole rings is 1. The molecule has 10 heteroatoms. The van der Waals surface area contributed by atoms with Crippen molar-refractivity contribution in [2.24, 2.45) is 5.73 Å². The number of rotatable bonds is 7. The normalized spacial score (nSPS) is 10.9. The summed E-state index contributed by atoms with van der Waals surface area (Å²) in [5.41, 5.74) is 7.47. The Morgan fingerprint density at radius 2 is 1.82 bits per heavy atom. The summed E-state index contributed by atoms with van der Waals surface area (Å²) in [6.45, 7) is 0. The lowest BCUT2D eigenvalue weighted by Gasteiger charge is -2.03. The maximum Gasteiger partial charge on any atom is 0.251 e. The van der Waals surface area contributed by atoms with Crippen molar-refractivity contribution in [2.75, 3.05) is 11.1 Å². The molecule has 2 amide bonds. The molecule has 0 aliphatic heterocycles. The minimum absolute atomic E-state index is 0.164. The first-order chi connectivity index (χ1) is 13.6. The van der Waals surface area contributed by atoms with Crippen LogP contribution in [0.4, 0.5) is 5.00 Å². The number of H-pyrrole nitrogens is 1. The predicted molar refractivity (Wildman–Crippen MR) is 117 cm³/mol. The minimum Gasteiger partial charge on any atom is -0.366 e. The van der Waals surface area contributed by atoms with Crippen molar-refractivity contribution >= 4 is 62.6 Å². The first-order valence-electron chi connectivity index (χ1n) is 8.09. The van der Waals surface area contributed by atoms with E-state index in [-0.39, 0.29) is 11.7 Å². The summed E-state index contributed by atoms with van der Waals surface area (Å²) in [6.07, 6.45) is 0. The van der Waals surface area contributed by atoms with Crippen LogP contribution in [0.1, 0.15) is 10.4 Å². The number of nitrogens with zero attached hydrogens (tertiary/aromatic N) is 1. The van der Waals surface area contributed by atoms with Gasteiger partial charge in [0.25, 0.3) is 5.91 Å². The molecule has 4 aromatic heterocycles. The maximum absolute atomic E-state index is 12.3. The van der Waals surface area contributed by atoms with Crippen molar-refractivity contribution in [3.8, 4) is 21.1 Å². The second-order valence-corrected chi connectivity index (χ2v) is 9.36. The molecule has 0 fully saturated rings. The van der Waals surface area contributed by atoms with Crippen LogP contribution in [0, 0.1) is 0 Å². The van der Waals surface area contributed by atoms with Gasteiger partial charge in [-0.3, -0.25) is 9.59 Å². The SMILES string of the molecule is NC(=O)c1ccsc1NC(=O)CSc1nc(-c2cccs2)c(-c2cccs2)[nH]1. The number of hydrogen-bond acceptors (Lipinski definition) is 7. The number of aromatic amines is 1. The maximum atomic E-state index is 12.3. The Morgan fingerprint density at radius 1 is 1.07 bits per heavy atom. The van der Waals surface area contributed by atoms with E-state index in [9.17, 15) is 9.59 Å². The van der Waals surface area contributed by atoms with Gasteiger partial charge in [0.1, 0.15) is 10.7 Å². The number of primary amides is 1. The van der Waals surface area contributed by atoms with Gasteiger partial charge in [-0.15, -0.1) is 34.0 Å². The Hall–Kier alpha value is -2.40. The van der Waals surface area contributed by atoms with Crippen molar-refractivity contribution in [3.63, 3.8) is 0 Å². The van der Waals surface area contributed by atoms with E-state index in [2.05, 4.69) is 10.3 Å². The van der Waals surface area contributed by atoms with Gasteiger partial charge in [0.05, 0.1) is 26.8 Å². The van der Waals surface area contributed by atoms with E-state index in [0.717, 1.165) is 21.1 Å². The first kappa shape index (κ1) is 18.9. The topological polar surface area (TPSA) is 101 Å². The number of carbonyl (C=O) groups is 2. The van der Waals surface area contributed by atoms with E-state index in [1.54, 1.807) is 34.1 Å². The van der Waals surface area contributed by atoms with Crippen LogP contribution in [0.2, 0.25) is 0 Å². The van der Waals surface area contributed by atoms with Crippen molar-refractivity contribution < 1.29 is 9.59 Å². The van der Waals surface area contributed by atoms with E-state index in [4.69, 9.17) is 10.7 Å². The summed E-state index contributed by atoms with van der Waals surface area (Å²) in [6, 6.07) is 9.66. The van der Waals surface area contributed by atoms with Crippen LogP contribution in [0.5, 0.6) is 0 Å². The molecule has 0 atom stereocenters. The smallest absolute Gasteiger partial charge is 0.251 e. The number of aromatic nitrogens is 2. The Bertz CT molecular complexity index is 1050. The van der Waals surface area contributed by atoms with Gasteiger partial charge in [-0.25, -0.2) is 4.98 Å². The Balaban J connectivity index is 1.49. The molecule has 142 valence electrons. The molecule has 28 heavy (non-hydrogen) atoms. The minimum atomic E-state index is -0.559. The molecule has 6 nitrogen and oxygen atoms in total. The molecule has 0 saturated carbocycles. The molecular weight excluding hydrogens is 432 g/mol. The van der Waals surface area contributed by atoms with Crippen LogP contribution in [-0.2, 0) is 4.79 Å². The molecule has 4 N–H and O–H groups in total. The molecule has 4 heterocycles. The van der Waals surface area contributed by atoms with Gasteiger partial charge in [0, 0.05) is 0 Å². The molecule has 0 spiro atoms. The summed E-state index contributed by atoms with van der Waals surface area (Å²) in [7, 11) is 0. The molecule has 0 aromatic carbocycles. The highest BCUT2D eigenvalue weighted by Gasteiger charge is 2.17. The largest absolute Gasteiger partial charge is 0.366 e. The van der Waals surface area contributed by atoms with Gasteiger partial charge in [0.15, 0.2) is 5.16 Å². The summed E-state index contributed by atoms with van der Waals surface area (Å²) >= 11 is 5.84. The zero-order valence-corrected chi connectivity index (χ0v) is 17.6. The summed E-state index contributed by atoms with van der Waals surface area (Å²) in [5.74, 6) is -0.615. The predicted octanol–water partition coefficient (Wildman–Crippen LogP) is 4.76. The zero-order valence-electron chi connectivity index (χ0n) is 14.3. The third kappa shape index (κ3) is 4.04. The lowest BCUT2D eigenvalue weighted by Crippen LogP contribution is -2.17. The first-order valence-corrected chi connectivity index (χ1v) is 11.7. The third-order valence-electron chi connectivity index (χ3n) is 3.73. The summed E-state index contributed by atoms with van der Waals surface area (Å²) in [4.78, 5) is 33.9. The molecular formula is C18H14N4O2S4. The average Bonchev–Trinajstić information content (AvgIpc) is 3.46. The van der Waals surface area contributed by atoms with Gasteiger partial charge < -0.3 is 16.0 Å². The van der Waals surface area contributed by atoms with E-state index in [1.807, 2.05) is 35.0 Å². The highest BCUT2D eigenvalue weighted by Crippen LogP contribution is 2.36. The average molecular weight is 447 g/mol. The van der Waals surface area contributed by atoms with Gasteiger partial charge in [-0.2, -0.15) is 0 Å². The van der Waals surface area contributed by atoms with Crippen LogP contribution in [0.3, 0.4) is 0 Å². The second kappa shape index (κ2) is 8.31. The number of nitrogens with one attached hydrogen (secondary N) is 2. The molecule has 0 radical (unpaired) electrons. The van der Waals surface area contributed by atoms with Crippen molar-refractivity contribution in [3.05, 3.63) is 52.0 Å².